The molecule has 3 aromatic rings. The van der Waals surface area contributed by atoms with Crippen LogP contribution < -0.4 is 13.6 Å². The minimum absolute atomic E-state index is 0. The van der Waals surface area contributed by atoms with Gasteiger partial charge in [0.2, 0.25) is 0 Å². The first kappa shape index (κ1) is 41.3. The van der Waals surface area contributed by atoms with Crippen LogP contribution in [0, 0.1) is 0 Å². The topological polar surface area (TPSA) is 27.7 Å². The molecule has 0 heterocycles. The summed E-state index contributed by atoms with van der Waals surface area (Å²) in [7, 11) is -1.89. The molecular weight excluding hydrogens is 690 g/mol. The molecule has 0 aliphatic heterocycles. The normalized spacial score (nSPS) is 13.3. The Morgan fingerprint density at radius 3 is 0.723 bits per heavy atom. The van der Waals surface area contributed by atoms with Crippen LogP contribution in [0.5, 0.6) is 17.2 Å². The molecule has 0 spiro atoms. The molecule has 0 unspecified atom stereocenters. The molecule has 0 saturated carbocycles. The Labute approximate surface area is 303 Å². The van der Waals surface area contributed by atoms with E-state index in [2.05, 4.69) is 179 Å². The van der Waals surface area contributed by atoms with E-state index in [0.717, 1.165) is 33.9 Å². The van der Waals surface area contributed by atoms with Crippen LogP contribution in [-0.2, 0) is 52.9 Å². The first-order chi connectivity index (χ1) is 20.6. The fourth-order valence-electron chi connectivity index (χ4n) is 5.28. The quantitative estimate of drug-likeness (QED) is 0.185. The van der Waals surface area contributed by atoms with E-state index in [4.69, 9.17) is 13.6 Å². The average Bonchev–Trinajstić information content (AvgIpc) is 2.85. The molecule has 3 rings (SSSR count). The molecular formula is C42H63O3PPd. The number of benzene rings is 3. The zero-order valence-corrected chi connectivity index (χ0v) is 35.1. The second-order valence-corrected chi connectivity index (χ2v) is 20.1. The van der Waals surface area contributed by atoms with Crippen LogP contribution in [0.1, 0.15) is 158 Å². The summed E-state index contributed by atoms with van der Waals surface area (Å²) >= 11 is 0. The predicted octanol–water partition coefficient (Wildman–Crippen LogP) is 13.2. The van der Waals surface area contributed by atoms with E-state index in [1.54, 1.807) is 0 Å². The van der Waals surface area contributed by atoms with Crippen molar-refractivity contribution in [2.75, 3.05) is 0 Å². The fourth-order valence-corrected chi connectivity index (χ4v) is 6.35. The smallest absolute Gasteiger partial charge is 0.408 e. The molecule has 0 N–H and O–H groups in total. The van der Waals surface area contributed by atoms with Crippen molar-refractivity contribution < 1.29 is 34.0 Å². The van der Waals surface area contributed by atoms with E-state index in [-0.39, 0.29) is 52.9 Å². The van der Waals surface area contributed by atoms with Crippen LogP contribution >= 0.6 is 8.60 Å². The minimum atomic E-state index is -1.89. The van der Waals surface area contributed by atoms with Gasteiger partial charge in [-0.3, -0.25) is 0 Å². The van der Waals surface area contributed by atoms with Crippen LogP contribution in [0.15, 0.2) is 54.6 Å². The van der Waals surface area contributed by atoms with Gasteiger partial charge in [-0.25, -0.2) is 0 Å². The number of hydrogen-bond donors (Lipinski definition) is 0. The number of hydrogen-bond acceptors (Lipinski definition) is 3. The molecule has 0 aliphatic rings. The maximum absolute atomic E-state index is 6.90. The monoisotopic (exact) mass is 752 g/mol. The van der Waals surface area contributed by atoms with Crippen LogP contribution in [0.2, 0.25) is 0 Å². The Morgan fingerprint density at radius 1 is 0.340 bits per heavy atom. The van der Waals surface area contributed by atoms with Crippen LogP contribution in [-0.4, -0.2) is 0 Å². The van der Waals surface area contributed by atoms with Gasteiger partial charge in [-0.1, -0.05) is 161 Å². The second-order valence-electron chi connectivity index (χ2n) is 19.1. The molecule has 264 valence electrons. The molecule has 0 amide bonds. The van der Waals surface area contributed by atoms with Gasteiger partial charge >= 0.3 is 8.60 Å². The molecule has 3 nitrogen and oxygen atoms in total. The predicted molar refractivity (Wildman–Crippen MR) is 200 cm³/mol. The van der Waals surface area contributed by atoms with Gasteiger partial charge < -0.3 is 13.6 Å². The van der Waals surface area contributed by atoms with Crippen LogP contribution in [0.3, 0.4) is 0 Å². The molecule has 0 aromatic heterocycles. The maximum Gasteiger partial charge on any atom is 0.530 e. The SMILES string of the molecule is CC(C)(C)c1ccc(OP(Oc2ccc(C(C)(C)C)cc2C(C)(C)C)Oc2ccc(C(C)(C)C)cc2C(C)(C)C)c(C(C)(C)C)c1.[Pd]. The Bertz CT molecular complexity index is 1330. The van der Waals surface area contributed by atoms with Crippen molar-refractivity contribution in [3.8, 4) is 17.2 Å². The Balaban J connectivity index is 0.00000768. The van der Waals surface area contributed by atoms with Crippen molar-refractivity contribution in [1.29, 1.82) is 0 Å². The van der Waals surface area contributed by atoms with Crippen LogP contribution in [0.4, 0.5) is 0 Å². The number of rotatable bonds is 6. The van der Waals surface area contributed by atoms with Gasteiger partial charge in [-0.2, -0.15) is 0 Å². The van der Waals surface area contributed by atoms with Crippen molar-refractivity contribution in [3.05, 3.63) is 88.0 Å². The third kappa shape index (κ3) is 10.8. The third-order valence-electron chi connectivity index (χ3n) is 8.48. The molecule has 3 aromatic carbocycles. The Hall–Kier alpha value is -1.85. The van der Waals surface area contributed by atoms with Crippen molar-refractivity contribution in [1.82, 2.24) is 0 Å². The van der Waals surface area contributed by atoms with E-state index in [1.165, 1.54) is 16.7 Å². The summed E-state index contributed by atoms with van der Waals surface area (Å²) in [5.41, 5.74) is 6.85. The van der Waals surface area contributed by atoms with E-state index in [1.807, 2.05) is 0 Å². The van der Waals surface area contributed by atoms with Crippen molar-refractivity contribution in [2.24, 2.45) is 0 Å². The van der Waals surface area contributed by atoms with E-state index in [9.17, 15) is 0 Å². The Morgan fingerprint density at radius 2 is 0.553 bits per heavy atom. The summed E-state index contributed by atoms with van der Waals surface area (Å²) in [5.74, 6) is 2.37. The first-order valence-corrected chi connectivity index (χ1v) is 18.0. The summed E-state index contributed by atoms with van der Waals surface area (Å²) < 4.78 is 20.7. The molecule has 0 fully saturated rings. The van der Waals surface area contributed by atoms with Crippen molar-refractivity contribution in [3.63, 3.8) is 0 Å². The largest absolute Gasteiger partial charge is 0.530 e. The summed E-state index contributed by atoms with van der Waals surface area (Å²) in [6.45, 7) is 40.3. The zero-order valence-electron chi connectivity index (χ0n) is 32.7. The van der Waals surface area contributed by atoms with E-state index >= 15 is 0 Å². The molecule has 47 heavy (non-hydrogen) atoms. The van der Waals surface area contributed by atoms with E-state index in [0.29, 0.717) is 0 Å². The van der Waals surface area contributed by atoms with Gasteiger partial charge in [-0.05, 0) is 67.4 Å². The van der Waals surface area contributed by atoms with Gasteiger partial charge in [-0.15, -0.1) is 0 Å². The summed E-state index contributed by atoms with van der Waals surface area (Å²) in [6.07, 6.45) is 0. The van der Waals surface area contributed by atoms with Crippen molar-refractivity contribution in [2.45, 2.75) is 157 Å². The van der Waals surface area contributed by atoms with Crippen LogP contribution in [0.25, 0.3) is 0 Å². The third-order valence-corrected chi connectivity index (χ3v) is 9.52. The molecule has 0 saturated heterocycles. The van der Waals surface area contributed by atoms with Crippen molar-refractivity contribution >= 4 is 8.60 Å². The van der Waals surface area contributed by atoms with Gasteiger partial charge in [0.15, 0.2) is 0 Å². The fraction of sp³-hybridized carbons (Fsp3) is 0.571. The standard InChI is InChI=1S/C42H63O3P.Pd/c1-37(2,3)28-19-22-34(31(25-28)40(10,11)12)43-46(44-35-23-20-29(38(4,5)6)26-32(35)41(13,14)15)45-36-24-21-30(39(7,8)9)27-33(36)42(16,17)18;/h19-27H,1-18H3;. The molecule has 0 aliphatic carbocycles. The average molecular weight is 753 g/mol. The van der Waals surface area contributed by atoms with Gasteiger partial charge in [0.25, 0.3) is 0 Å². The van der Waals surface area contributed by atoms with Gasteiger partial charge in [0.1, 0.15) is 17.2 Å². The first-order valence-electron chi connectivity index (χ1n) is 16.9. The second kappa shape index (κ2) is 14.2. The summed E-state index contributed by atoms with van der Waals surface area (Å²) in [4.78, 5) is 0. The minimum Gasteiger partial charge on any atom is -0.408 e. The molecule has 5 heteroatoms. The molecule has 0 atom stereocenters. The molecule has 0 bridgehead atoms. The zero-order chi connectivity index (χ0) is 35.3. The summed E-state index contributed by atoms with van der Waals surface area (Å²) in [6, 6.07) is 19.7. The maximum atomic E-state index is 6.90. The van der Waals surface area contributed by atoms with Gasteiger partial charge in [0.05, 0.1) is 0 Å². The molecule has 0 radical (unpaired) electrons. The summed E-state index contributed by atoms with van der Waals surface area (Å²) in [5, 5.41) is 0. The Kier molecular flexibility index (Phi) is 12.5. The van der Waals surface area contributed by atoms with Gasteiger partial charge in [0, 0.05) is 37.1 Å². The van der Waals surface area contributed by atoms with E-state index < -0.39 is 8.60 Å².